The van der Waals surface area contributed by atoms with Crippen molar-refractivity contribution < 1.29 is 33.6 Å². The SMILES string of the molecule is CC[C@H](NC(=O)[C@@H]1CC(OC(=O)N2Cc3cccc(F)c3C2)CN1C(=O)[C@@H](N)C1CCCCC1)B(O)O. The molecular formula is C25H36BFN4O6. The monoisotopic (exact) mass is 518 g/mol. The molecule has 202 valence electrons. The molecule has 3 aliphatic rings. The summed E-state index contributed by atoms with van der Waals surface area (Å²) in [7, 11) is -1.75. The summed E-state index contributed by atoms with van der Waals surface area (Å²) in [4.78, 5) is 42.3. The molecule has 5 N–H and O–H groups in total. The molecule has 12 heteroatoms. The standard InChI is InChI=1S/C25H36BFN4O6/c1-2-21(26(35)36)29-23(32)20-11-17(13-31(20)24(33)22(28)15-7-4-3-5-8-15)37-25(34)30-12-16-9-6-10-19(27)18(16)14-30/h6,9-10,15,17,20-22,35-36H,2-5,7-8,11-14,28H2,1H3,(H,29,32)/t17?,20-,21-,22-/m0/s1. The third-order valence-corrected chi connectivity index (χ3v) is 7.87. The van der Waals surface area contributed by atoms with E-state index in [1.54, 1.807) is 19.1 Å². The maximum absolute atomic E-state index is 14.1. The summed E-state index contributed by atoms with van der Waals surface area (Å²) in [6.45, 7) is 1.99. The van der Waals surface area contributed by atoms with Crippen molar-refractivity contribution in [2.45, 2.75) is 89.1 Å². The first-order valence-electron chi connectivity index (χ1n) is 13.1. The first kappa shape index (κ1) is 27.3. The third kappa shape index (κ3) is 6.07. The van der Waals surface area contributed by atoms with Gasteiger partial charge in [0.15, 0.2) is 0 Å². The molecule has 1 unspecified atom stereocenters. The number of nitrogens with two attached hydrogens (primary N) is 1. The minimum Gasteiger partial charge on any atom is -0.444 e. The van der Waals surface area contributed by atoms with Gasteiger partial charge in [0.25, 0.3) is 0 Å². The zero-order valence-corrected chi connectivity index (χ0v) is 21.1. The average Bonchev–Trinajstić information content (AvgIpc) is 3.52. The Bertz CT molecular complexity index is 1010. The van der Waals surface area contributed by atoms with Crippen molar-refractivity contribution >= 4 is 25.0 Å². The second-order valence-corrected chi connectivity index (χ2v) is 10.3. The number of hydrogen-bond acceptors (Lipinski definition) is 7. The van der Waals surface area contributed by atoms with Gasteiger partial charge in [-0.3, -0.25) is 14.5 Å². The van der Waals surface area contributed by atoms with E-state index < -0.39 is 43.2 Å². The lowest BCUT2D eigenvalue weighted by Crippen LogP contribution is -2.56. The van der Waals surface area contributed by atoms with Crippen LogP contribution in [0.25, 0.3) is 0 Å². The molecule has 0 spiro atoms. The topological polar surface area (TPSA) is 145 Å². The summed E-state index contributed by atoms with van der Waals surface area (Å²) in [5, 5.41) is 21.7. The highest BCUT2D eigenvalue weighted by Gasteiger charge is 2.45. The number of nitrogens with one attached hydrogen (secondary N) is 1. The lowest BCUT2D eigenvalue weighted by Gasteiger charge is -2.32. The Morgan fingerprint density at radius 1 is 1.22 bits per heavy atom. The van der Waals surface area contributed by atoms with Crippen LogP contribution in [0.5, 0.6) is 0 Å². The second kappa shape index (κ2) is 11.8. The Balaban J connectivity index is 1.45. The number of likely N-dealkylation sites (tertiary alicyclic amines) is 1. The fraction of sp³-hybridized carbons (Fsp3) is 0.640. The minimum absolute atomic E-state index is 0.00327. The minimum atomic E-state index is -1.75. The summed E-state index contributed by atoms with van der Waals surface area (Å²) in [5.74, 6) is -2.20. The molecule has 0 radical (unpaired) electrons. The highest BCUT2D eigenvalue weighted by Crippen LogP contribution is 2.30. The number of nitrogens with zero attached hydrogens (tertiary/aromatic N) is 2. The van der Waals surface area contributed by atoms with Crippen LogP contribution in [0.4, 0.5) is 9.18 Å². The fourth-order valence-corrected chi connectivity index (χ4v) is 5.65. The van der Waals surface area contributed by atoms with E-state index in [-0.39, 0.29) is 50.1 Å². The fourth-order valence-electron chi connectivity index (χ4n) is 5.65. The molecule has 4 atom stereocenters. The normalized spacial score (nSPS) is 23.4. The van der Waals surface area contributed by atoms with Crippen LogP contribution >= 0.6 is 0 Å². The number of halogens is 1. The number of ether oxygens (including phenoxy) is 1. The van der Waals surface area contributed by atoms with Gasteiger partial charge in [-0.25, -0.2) is 9.18 Å². The van der Waals surface area contributed by atoms with Gasteiger partial charge in [0.2, 0.25) is 11.8 Å². The van der Waals surface area contributed by atoms with Crippen LogP contribution in [0.3, 0.4) is 0 Å². The number of rotatable bonds is 7. The van der Waals surface area contributed by atoms with Gasteiger partial charge in [0, 0.05) is 18.5 Å². The third-order valence-electron chi connectivity index (χ3n) is 7.87. The van der Waals surface area contributed by atoms with Crippen LogP contribution in [0.2, 0.25) is 0 Å². The van der Waals surface area contributed by atoms with Gasteiger partial charge in [-0.1, -0.05) is 38.3 Å². The molecule has 1 aromatic carbocycles. The molecular weight excluding hydrogens is 482 g/mol. The second-order valence-electron chi connectivity index (χ2n) is 10.3. The number of carbonyl (C=O) groups excluding carboxylic acids is 3. The van der Waals surface area contributed by atoms with E-state index in [0.29, 0.717) is 11.1 Å². The Morgan fingerprint density at radius 3 is 2.59 bits per heavy atom. The van der Waals surface area contributed by atoms with E-state index in [2.05, 4.69) is 5.32 Å². The quantitative estimate of drug-likeness (QED) is 0.395. The summed E-state index contributed by atoms with van der Waals surface area (Å²) in [5.41, 5.74) is 7.53. The van der Waals surface area contributed by atoms with E-state index >= 15 is 0 Å². The van der Waals surface area contributed by atoms with Gasteiger partial charge in [0.05, 0.1) is 25.1 Å². The van der Waals surface area contributed by atoms with Gasteiger partial charge in [0.1, 0.15) is 18.0 Å². The van der Waals surface area contributed by atoms with Crippen LogP contribution in [-0.2, 0) is 27.4 Å². The smallest absolute Gasteiger partial charge is 0.444 e. The van der Waals surface area contributed by atoms with Crippen molar-refractivity contribution in [3.63, 3.8) is 0 Å². The Hall–Kier alpha value is -2.70. The van der Waals surface area contributed by atoms with Crippen LogP contribution in [0.15, 0.2) is 18.2 Å². The predicted octanol–water partition coefficient (Wildman–Crippen LogP) is 1.06. The molecule has 4 rings (SSSR count). The Labute approximate surface area is 216 Å². The Kier molecular flexibility index (Phi) is 8.71. The van der Waals surface area contributed by atoms with Gasteiger partial charge in [-0.05, 0) is 36.8 Å². The van der Waals surface area contributed by atoms with Gasteiger partial charge < -0.3 is 30.7 Å². The molecule has 1 saturated carbocycles. The number of carbonyl (C=O) groups is 3. The molecule has 0 bridgehead atoms. The summed E-state index contributed by atoms with van der Waals surface area (Å²) in [6.07, 6.45) is 3.71. The summed E-state index contributed by atoms with van der Waals surface area (Å²) >= 11 is 0. The van der Waals surface area contributed by atoms with Gasteiger partial charge >= 0.3 is 13.2 Å². The molecule has 37 heavy (non-hydrogen) atoms. The molecule has 1 aliphatic carbocycles. The molecule has 10 nitrogen and oxygen atoms in total. The van der Waals surface area contributed by atoms with Gasteiger partial charge in [-0.15, -0.1) is 0 Å². The van der Waals surface area contributed by atoms with Gasteiger partial charge in [-0.2, -0.15) is 0 Å². The highest BCUT2D eigenvalue weighted by molar-refractivity contribution is 6.43. The van der Waals surface area contributed by atoms with E-state index in [1.165, 1.54) is 15.9 Å². The highest BCUT2D eigenvalue weighted by atomic mass is 19.1. The molecule has 0 aromatic heterocycles. The summed E-state index contributed by atoms with van der Waals surface area (Å²) < 4.78 is 19.8. The first-order valence-corrected chi connectivity index (χ1v) is 13.1. The molecule has 2 heterocycles. The molecule has 2 fully saturated rings. The van der Waals surface area contributed by atoms with E-state index in [0.717, 1.165) is 32.1 Å². The molecule has 1 saturated heterocycles. The number of hydrogen-bond donors (Lipinski definition) is 4. The summed E-state index contributed by atoms with van der Waals surface area (Å²) in [6, 6.07) is 2.95. The number of fused-ring (bicyclic) bond motifs is 1. The largest absolute Gasteiger partial charge is 0.475 e. The maximum Gasteiger partial charge on any atom is 0.475 e. The van der Waals surface area contributed by atoms with Crippen molar-refractivity contribution in [2.24, 2.45) is 11.7 Å². The van der Waals surface area contributed by atoms with Crippen molar-refractivity contribution in [1.29, 1.82) is 0 Å². The van der Waals surface area contributed by atoms with Crippen molar-refractivity contribution in [2.75, 3.05) is 6.54 Å². The zero-order chi connectivity index (χ0) is 26.7. The zero-order valence-electron chi connectivity index (χ0n) is 21.1. The van der Waals surface area contributed by atoms with E-state index in [1.807, 2.05) is 0 Å². The van der Waals surface area contributed by atoms with E-state index in [4.69, 9.17) is 10.5 Å². The van der Waals surface area contributed by atoms with Crippen LogP contribution in [0.1, 0.15) is 63.0 Å². The lowest BCUT2D eigenvalue weighted by molar-refractivity contribution is -0.140. The molecule has 1 aromatic rings. The number of amides is 3. The van der Waals surface area contributed by atoms with Crippen LogP contribution < -0.4 is 11.1 Å². The average molecular weight is 518 g/mol. The predicted molar refractivity (Wildman–Crippen MR) is 133 cm³/mol. The Morgan fingerprint density at radius 2 is 1.95 bits per heavy atom. The maximum atomic E-state index is 14.1. The van der Waals surface area contributed by atoms with Crippen molar-refractivity contribution in [3.8, 4) is 0 Å². The molecule has 2 aliphatic heterocycles. The molecule has 3 amide bonds. The van der Waals surface area contributed by atoms with Crippen LogP contribution in [0, 0.1) is 11.7 Å². The van der Waals surface area contributed by atoms with E-state index in [9.17, 15) is 28.8 Å². The first-order chi connectivity index (χ1) is 17.7. The van der Waals surface area contributed by atoms with Crippen molar-refractivity contribution in [3.05, 3.63) is 35.1 Å². The lowest BCUT2D eigenvalue weighted by atomic mass is 9.77. The number of benzene rings is 1. The van der Waals surface area contributed by atoms with Crippen LogP contribution in [-0.4, -0.2) is 75.5 Å². The van der Waals surface area contributed by atoms with Crippen molar-refractivity contribution in [1.82, 2.24) is 15.1 Å².